The van der Waals surface area contributed by atoms with Gasteiger partial charge in [-0.05, 0) is 44.9 Å². The van der Waals surface area contributed by atoms with E-state index in [9.17, 15) is 10.2 Å². The largest absolute Gasteiger partial charge is 0.508 e. The lowest BCUT2D eigenvalue weighted by molar-refractivity contribution is 0.239. The monoisotopic (exact) mass is 321 g/mol. The van der Waals surface area contributed by atoms with Crippen molar-refractivity contribution in [3.63, 3.8) is 0 Å². The van der Waals surface area contributed by atoms with Gasteiger partial charge in [-0.3, -0.25) is 0 Å². The van der Waals surface area contributed by atoms with Crippen molar-refractivity contribution in [2.75, 3.05) is 5.32 Å². The van der Waals surface area contributed by atoms with E-state index in [2.05, 4.69) is 19.2 Å². The second kappa shape index (κ2) is 13.9. The van der Waals surface area contributed by atoms with Gasteiger partial charge in [0.1, 0.15) is 12.0 Å². The van der Waals surface area contributed by atoms with Crippen LogP contribution in [0.2, 0.25) is 0 Å². The second-order valence-corrected chi connectivity index (χ2v) is 5.17. The van der Waals surface area contributed by atoms with E-state index in [1.807, 2.05) is 53.7 Å². The number of rotatable bonds is 4. The Kier molecular flexibility index (Phi) is 14.2. The molecule has 1 aromatic carbocycles. The van der Waals surface area contributed by atoms with E-state index in [0.717, 1.165) is 22.4 Å². The Balaban J connectivity index is 0. The Morgan fingerprint density at radius 2 is 1.74 bits per heavy atom. The first-order chi connectivity index (χ1) is 10.8. The molecule has 0 aliphatic heterocycles. The maximum Gasteiger partial charge on any atom is 0.146 e. The molecule has 1 rings (SSSR count). The third-order valence-electron chi connectivity index (χ3n) is 2.86. The minimum Gasteiger partial charge on any atom is -0.508 e. The molecule has 3 heteroatoms. The first-order valence-corrected chi connectivity index (χ1v) is 8.40. The zero-order valence-electron chi connectivity index (χ0n) is 16.1. The SMILES string of the molecule is C/C=C(C)\C=C(/C)C(O)Nc1cc(O)ccc1C.CC.CCC. The molecule has 1 atom stereocenters. The molecule has 3 N–H and O–H groups in total. The minimum absolute atomic E-state index is 0.182. The molecule has 0 radical (unpaired) electrons. The number of hydrogen-bond donors (Lipinski definition) is 3. The highest BCUT2D eigenvalue weighted by Crippen LogP contribution is 2.22. The molecule has 0 fully saturated rings. The van der Waals surface area contributed by atoms with Crippen LogP contribution in [0.5, 0.6) is 5.75 Å². The summed E-state index contributed by atoms with van der Waals surface area (Å²) >= 11 is 0. The molecule has 0 heterocycles. The summed E-state index contributed by atoms with van der Waals surface area (Å²) in [5.74, 6) is 0.182. The van der Waals surface area contributed by atoms with Crippen molar-refractivity contribution in [1.82, 2.24) is 0 Å². The van der Waals surface area contributed by atoms with Gasteiger partial charge in [-0.15, -0.1) is 0 Å². The van der Waals surface area contributed by atoms with Crippen molar-refractivity contribution in [3.8, 4) is 5.75 Å². The first-order valence-electron chi connectivity index (χ1n) is 8.40. The quantitative estimate of drug-likeness (QED) is 0.486. The molecule has 0 aromatic heterocycles. The first kappa shape index (κ1) is 23.5. The second-order valence-electron chi connectivity index (χ2n) is 5.17. The fourth-order valence-corrected chi connectivity index (χ4v) is 1.55. The van der Waals surface area contributed by atoms with Gasteiger partial charge in [0.05, 0.1) is 0 Å². The molecule has 1 aromatic rings. The Hall–Kier alpha value is -1.74. The van der Waals surface area contributed by atoms with Gasteiger partial charge in [0.25, 0.3) is 0 Å². The van der Waals surface area contributed by atoms with Crippen LogP contribution in [-0.2, 0) is 0 Å². The maximum absolute atomic E-state index is 10.0. The van der Waals surface area contributed by atoms with Gasteiger partial charge in [0.2, 0.25) is 0 Å². The summed E-state index contributed by atoms with van der Waals surface area (Å²) in [7, 11) is 0. The van der Waals surface area contributed by atoms with Crippen LogP contribution in [0.3, 0.4) is 0 Å². The Morgan fingerprint density at radius 3 is 2.22 bits per heavy atom. The topological polar surface area (TPSA) is 52.5 Å². The van der Waals surface area contributed by atoms with E-state index >= 15 is 0 Å². The molecule has 132 valence electrons. The molecule has 0 saturated carbocycles. The number of allylic oxidation sites excluding steroid dienone is 3. The highest BCUT2D eigenvalue weighted by Gasteiger charge is 2.08. The van der Waals surface area contributed by atoms with E-state index in [4.69, 9.17) is 0 Å². The summed E-state index contributed by atoms with van der Waals surface area (Å²) in [5.41, 5.74) is 3.63. The lowest BCUT2D eigenvalue weighted by Crippen LogP contribution is -2.20. The summed E-state index contributed by atoms with van der Waals surface area (Å²) in [6.45, 7) is 16.0. The van der Waals surface area contributed by atoms with Crippen molar-refractivity contribution >= 4 is 5.69 Å². The van der Waals surface area contributed by atoms with Gasteiger partial charge < -0.3 is 15.5 Å². The summed E-state index contributed by atoms with van der Waals surface area (Å²) in [6, 6.07) is 5.04. The van der Waals surface area contributed by atoms with Crippen molar-refractivity contribution in [2.45, 2.75) is 68.0 Å². The number of hydrogen-bond acceptors (Lipinski definition) is 3. The van der Waals surface area contributed by atoms with E-state index in [0.29, 0.717) is 0 Å². The lowest BCUT2D eigenvalue weighted by atomic mass is 10.1. The number of nitrogens with one attached hydrogen (secondary N) is 1. The lowest BCUT2D eigenvalue weighted by Gasteiger charge is -2.17. The molecule has 0 bridgehead atoms. The molecule has 1 unspecified atom stereocenters. The van der Waals surface area contributed by atoms with E-state index in [1.54, 1.807) is 18.2 Å². The molecule has 0 aliphatic carbocycles. The number of aryl methyl sites for hydroxylation is 1. The van der Waals surface area contributed by atoms with E-state index in [-0.39, 0.29) is 5.75 Å². The Morgan fingerprint density at radius 1 is 1.22 bits per heavy atom. The van der Waals surface area contributed by atoms with Crippen LogP contribution < -0.4 is 5.32 Å². The molecule has 0 spiro atoms. The standard InChI is InChI=1S/C15H21NO2.C3H8.C2H6/c1-5-10(2)8-12(4)15(18)16-14-9-13(17)7-6-11(14)3;1-3-2;1-2/h5-9,15-18H,1-4H3;3H2,1-2H3;1-2H3/b10-5-,12-8+;;. The van der Waals surface area contributed by atoms with Crippen LogP contribution in [0.15, 0.2) is 41.5 Å². The van der Waals surface area contributed by atoms with Crippen LogP contribution in [0.25, 0.3) is 0 Å². The van der Waals surface area contributed by atoms with E-state index < -0.39 is 6.23 Å². The fourth-order valence-electron chi connectivity index (χ4n) is 1.55. The van der Waals surface area contributed by atoms with Gasteiger partial charge >= 0.3 is 0 Å². The molecule has 3 nitrogen and oxygen atoms in total. The van der Waals surface area contributed by atoms with Crippen LogP contribution in [0.4, 0.5) is 5.69 Å². The summed E-state index contributed by atoms with van der Waals surface area (Å²) in [6.07, 6.45) is 4.39. The van der Waals surface area contributed by atoms with Gasteiger partial charge in [-0.2, -0.15) is 0 Å². The zero-order valence-corrected chi connectivity index (χ0v) is 16.1. The van der Waals surface area contributed by atoms with Gasteiger partial charge in [0.15, 0.2) is 0 Å². The molecule has 0 aliphatic rings. The summed E-state index contributed by atoms with van der Waals surface area (Å²) in [4.78, 5) is 0. The van der Waals surface area contributed by atoms with Crippen LogP contribution in [0, 0.1) is 6.92 Å². The Labute approximate surface area is 142 Å². The number of anilines is 1. The average Bonchev–Trinajstić information content (AvgIpc) is 2.53. The third-order valence-corrected chi connectivity index (χ3v) is 2.86. The number of benzene rings is 1. The molecule has 23 heavy (non-hydrogen) atoms. The zero-order chi connectivity index (χ0) is 18.4. The Bertz CT molecular complexity index is 490. The van der Waals surface area contributed by atoms with E-state index in [1.165, 1.54) is 6.42 Å². The fraction of sp³-hybridized carbons (Fsp3) is 0.500. The smallest absolute Gasteiger partial charge is 0.146 e. The predicted octanol–water partition coefficient (Wildman–Crippen LogP) is 5.79. The van der Waals surface area contributed by atoms with Crippen molar-refractivity contribution in [3.05, 3.63) is 47.1 Å². The van der Waals surface area contributed by atoms with Gasteiger partial charge in [-0.1, -0.05) is 57.9 Å². The third kappa shape index (κ3) is 10.6. The summed E-state index contributed by atoms with van der Waals surface area (Å²) in [5, 5.41) is 22.4. The van der Waals surface area contributed by atoms with Crippen molar-refractivity contribution in [1.29, 1.82) is 0 Å². The normalized spacial score (nSPS) is 12.4. The van der Waals surface area contributed by atoms with Crippen LogP contribution in [-0.4, -0.2) is 16.4 Å². The van der Waals surface area contributed by atoms with Crippen LogP contribution >= 0.6 is 0 Å². The molecule has 0 amide bonds. The average molecular weight is 322 g/mol. The maximum atomic E-state index is 10.0. The summed E-state index contributed by atoms with van der Waals surface area (Å²) < 4.78 is 0. The number of aliphatic hydroxyl groups excluding tert-OH is 1. The highest BCUT2D eigenvalue weighted by atomic mass is 16.3. The number of aromatic hydroxyl groups is 1. The van der Waals surface area contributed by atoms with Gasteiger partial charge in [0, 0.05) is 11.8 Å². The van der Waals surface area contributed by atoms with Crippen LogP contribution in [0.1, 0.15) is 60.5 Å². The van der Waals surface area contributed by atoms with Crippen molar-refractivity contribution in [2.24, 2.45) is 0 Å². The molecular weight excluding hydrogens is 286 g/mol. The predicted molar refractivity (Wildman–Crippen MR) is 103 cm³/mol. The highest BCUT2D eigenvalue weighted by molar-refractivity contribution is 5.55. The van der Waals surface area contributed by atoms with Crippen molar-refractivity contribution < 1.29 is 10.2 Å². The van der Waals surface area contributed by atoms with Gasteiger partial charge in [-0.25, -0.2) is 0 Å². The molecule has 0 saturated heterocycles. The number of phenols is 1. The minimum atomic E-state index is -0.764. The number of aliphatic hydroxyl groups is 1. The molecular formula is C20H35NO2. The number of phenolic OH excluding ortho intramolecular Hbond substituents is 1.